The average molecular weight is 287 g/mol. The summed E-state index contributed by atoms with van der Waals surface area (Å²) < 4.78 is 23.5. The van der Waals surface area contributed by atoms with Crippen LogP contribution in [-0.4, -0.2) is 23.2 Å². The third-order valence-corrected chi connectivity index (χ3v) is 3.23. The summed E-state index contributed by atoms with van der Waals surface area (Å²) in [5.41, 5.74) is 0.967. The molecule has 0 bridgehead atoms. The zero-order chi connectivity index (χ0) is 13.3. The van der Waals surface area contributed by atoms with Crippen LogP contribution in [0.3, 0.4) is 0 Å². The van der Waals surface area contributed by atoms with E-state index in [4.69, 9.17) is 11.6 Å². The summed E-state index contributed by atoms with van der Waals surface area (Å²) in [5.74, 6) is 0.923. The monoisotopic (exact) mass is 286 g/mol. The van der Waals surface area contributed by atoms with Gasteiger partial charge in [-0.15, -0.1) is 0 Å². The second kappa shape index (κ2) is 4.95. The van der Waals surface area contributed by atoms with Gasteiger partial charge in [0.05, 0.1) is 4.90 Å². The summed E-state index contributed by atoms with van der Waals surface area (Å²) >= 11 is 5.75. The molecule has 2 aromatic heterocycles. The van der Waals surface area contributed by atoms with Crippen LogP contribution >= 0.6 is 11.6 Å². The summed E-state index contributed by atoms with van der Waals surface area (Å²) in [7, 11) is -0.882. The van der Waals surface area contributed by atoms with Crippen molar-refractivity contribution in [2.75, 3.05) is 5.32 Å². The molecule has 6 nitrogen and oxygen atoms in total. The van der Waals surface area contributed by atoms with E-state index in [1.807, 2.05) is 20.0 Å². The molecule has 2 aromatic rings. The van der Waals surface area contributed by atoms with E-state index in [9.17, 15) is 8.42 Å². The minimum absolute atomic E-state index is 0.111. The van der Waals surface area contributed by atoms with Crippen LogP contribution < -0.4 is 5.32 Å². The SMILES string of the molecule is Cc1cc(Nc2cc([SH](=O)=O)cc(Cl)n2)nn1C. The standard InChI is InChI=1S/C10H11ClN4O2S/c1-6-3-10(14-15(6)2)13-9-5-7(18(16)17)4-8(11)12-9/h3-5,18H,1-2H3,(H,12,13,14). The van der Waals surface area contributed by atoms with Gasteiger partial charge in [-0.25, -0.2) is 13.4 Å². The number of halogens is 1. The number of thiol groups is 1. The Balaban J connectivity index is 2.34. The highest BCUT2D eigenvalue weighted by Crippen LogP contribution is 2.19. The van der Waals surface area contributed by atoms with Gasteiger partial charge in [-0.2, -0.15) is 5.10 Å². The van der Waals surface area contributed by atoms with E-state index in [0.29, 0.717) is 11.6 Å². The first-order valence-electron chi connectivity index (χ1n) is 5.05. The molecule has 0 aliphatic rings. The van der Waals surface area contributed by atoms with E-state index < -0.39 is 10.7 Å². The highest BCUT2D eigenvalue weighted by atomic mass is 35.5. The molecule has 0 amide bonds. The second-order valence-corrected chi connectivity index (χ2v) is 5.13. The van der Waals surface area contributed by atoms with Crippen LogP contribution in [0.1, 0.15) is 5.69 Å². The van der Waals surface area contributed by atoms with Crippen LogP contribution in [0.5, 0.6) is 0 Å². The Bertz CT molecular complexity index is 638. The third kappa shape index (κ3) is 2.80. The first-order chi connectivity index (χ1) is 8.45. The molecular formula is C10H11ClN4O2S. The lowest BCUT2D eigenvalue weighted by molar-refractivity contribution is 0.614. The van der Waals surface area contributed by atoms with Crippen molar-refractivity contribution in [2.24, 2.45) is 7.05 Å². The van der Waals surface area contributed by atoms with E-state index in [0.717, 1.165) is 5.69 Å². The van der Waals surface area contributed by atoms with E-state index in [2.05, 4.69) is 15.4 Å². The van der Waals surface area contributed by atoms with Crippen molar-refractivity contribution in [1.82, 2.24) is 14.8 Å². The lowest BCUT2D eigenvalue weighted by atomic mass is 10.4. The fourth-order valence-electron chi connectivity index (χ4n) is 1.41. The summed E-state index contributed by atoms with van der Waals surface area (Å²) in [6.07, 6.45) is 0. The largest absolute Gasteiger partial charge is 0.323 e. The van der Waals surface area contributed by atoms with Gasteiger partial charge in [-0.1, -0.05) is 11.6 Å². The molecule has 0 saturated carbocycles. The van der Waals surface area contributed by atoms with Crippen molar-refractivity contribution in [3.05, 3.63) is 29.0 Å². The highest BCUT2D eigenvalue weighted by Gasteiger charge is 2.06. The van der Waals surface area contributed by atoms with Crippen LogP contribution in [0.15, 0.2) is 23.1 Å². The van der Waals surface area contributed by atoms with Crippen molar-refractivity contribution in [1.29, 1.82) is 0 Å². The number of rotatable bonds is 3. The number of pyridine rings is 1. The predicted octanol–water partition coefficient (Wildman–Crippen LogP) is 1.49. The second-order valence-electron chi connectivity index (χ2n) is 3.71. The Morgan fingerprint density at radius 2 is 2.00 bits per heavy atom. The Hall–Kier alpha value is -1.60. The molecule has 2 rings (SSSR count). The molecule has 96 valence electrons. The maximum atomic E-state index is 10.9. The number of aromatic nitrogens is 3. The van der Waals surface area contributed by atoms with Gasteiger partial charge in [0.1, 0.15) is 11.0 Å². The van der Waals surface area contributed by atoms with Gasteiger partial charge in [-0.05, 0) is 19.1 Å². The molecule has 0 unspecified atom stereocenters. The zero-order valence-electron chi connectivity index (χ0n) is 9.72. The van der Waals surface area contributed by atoms with Crippen molar-refractivity contribution < 1.29 is 8.42 Å². The molecule has 18 heavy (non-hydrogen) atoms. The van der Waals surface area contributed by atoms with Gasteiger partial charge in [0, 0.05) is 18.8 Å². The number of anilines is 2. The number of nitrogens with one attached hydrogen (secondary N) is 1. The molecule has 0 fully saturated rings. The Morgan fingerprint density at radius 3 is 2.56 bits per heavy atom. The van der Waals surface area contributed by atoms with Gasteiger partial charge in [0.15, 0.2) is 16.5 Å². The summed E-state index contributed by atoms with van der Waals surface area (Å²) in [5, 5.41) is 7.20. The smallest absolute Gasteiger partial charge is 0.168 e. The lowest BCUT2D eigenvalue weighted by Gasteiger charge is -2.03. The maximum absolute atomic E-state index is 10.9. The number of aryl methyl sites for hydroxylation is 2. The van der Waals surface area contributed by atoms with Gasteiger partial charge in [-0.3, -0.25) is 4.68 Å². The minimum atomic E-state index is -2.69. The highest BCUT2D eigenvalue weighted by molar-refractivity contribution is 7.72. The molecule has 0 atom stereocenters. The molecule has 0 spiro atoms. The fourth-order valence-corrected chi connectivity index (χ4v) is 2.15. The topological polar surface area (TPSA) is 76.9 Å². The number of hydrogen-bond donors (Lipinski definition) is 2. The van der Waals surface area contributed by atoms with Crippen LogP contribution in [0.2, 0.25) is 5.15 Å². The van der Waals surface area contributed by atoms with E-state index in [-0.39, 0.29) is 10.0 Å². The van der Waals surface area contributed by atoms with Gasteiger partial charge in [0.2, 0.25) is 0 Å². The van der Waals surface area contributed by atoms with Crippen molar-refractivity contribution in [2.45, 2.75) is 11.8 Å². The predicted molar refractivity (Wildman–Crippen MR) is 69.1 cm³/mol. The van der Waals surface area contributed by atoms with Crippen LogP contribution in [0.4, 0.5) is 11.6 Å². The Labute approximate surface area is 111 Å². The quantitative estimate of drug-likeness (QED) is 0.660. The average Bonchev–Trinajstić information content (AvgIpc) is 2.56. The van der Waals surface area contributed by atoms with Crippen molar-refractivity contribution >= 4 is 33.9 Å². The van der Waals surface area contributed by atoms with E-state index in [1.165, 1.54) is 12.1 Å². The molecular weight excluding hydrogens is 276 g/mol. The number of hydrogen-bond acceptors (Lipinski definition) is 5. The summed E-state index contributed by atoms with van der Waals surface area (Å²) in [4.78, 5) is 4.10. The molecule has 0 radical (unpaired) electrons. The van der Waals surface area contributed by atoms with Gasteiger partial charge < -0.3 is 5.32 Å². The molecule has 0 aliphatic heterocycles. The summed E-state index contributed by atoms with van der Waals surface area (Å²) in [6, 6.07) is 4.52. The third-order valence-electron chi connectivity index (χ3n) is 2.36. The first-order valence-corrected chi connectivity index (χ1v) is 6.61. The fraction of sp³-hybridized carbons (Fsp3) is 0.200. The normalized spacial score (nSPS) is 10.9. The van der Waals surface area contributed by atoms with Gasteiger partial charge >= 0.3 is 0 Å². The molecule has 2 heterocycles. The van der Waals surface area contributed by atoms with Crippen LogP contribution in [0.25, 0.3) is 0 Å². The molecule has 0 aliphatic carbocycles. The van der Waals surface area contributed by atoms with E-state index >= 15 is 0 Å². The zero-order valence-corrected chi connectivity index (χ0v) is 11.4. The van der Waals surface area contributed by atoms with Crippen LogP contribution in [0, 0.1) is 6.92 Å². The first kappa shape index (κ1) is 12.8. The Morgan fingerprint density at radius 1 is 1.28 bits per heavy atom. The van der Waals surface area contributed by atoms with Crippen LogP contribution in [-0.2, 0) is 17.8 Å². The van der Waals surface area contributed by atoms with Crippen molar-refractivity contribution in [3.8, 4) is 0 Å². The Kier molecular flexibility index (Phi) is 3.53. The maximum Gasteiger partial charge on any atom is 0.168 e. The molecule has 1 N–H and O–H groups in total. The van der Waals surface area contributed by atoms with Gasteiger partial charge in [0.25, 0.3) is 0 Å². The lowest BCUT2D eigenvalue weighted by Crippen LogP contribution is -1.97. The molecule has 0 saturated heterocycles. The minimum Gasteiger partial charge on any atom is -0.323 e. The molecule has 0 aromatic carbocycles. The van der Waals surface area contributed by atoms with Crippen molar-refractivity contribution in [3.63, 3.8) is 0 Å². The number of nitrogens with zero attached hydrogens (tertiary/aromatic N) is 3. The summed E-state index contributed by atoms with van der Waals surface area (Å²) in [6.45, 7) is 1.91. The van der Waals surface area contributed by atoms with E-state index in [1.54, 1.807) is 4.68 Å². The molecule has 8 heteroatoms.